The van der Waals surface area contributed by atoms with Crippen molar-refractivity contribution in [2.45, 2.75) is 44.8 Å². The molecule has 0 aliphatic carbocycles. The summed E-state index contributed by atoms with van der Waals surface area (Å²) in [5.74, 6) is -1.18. The van der Waals surface area contributed by atoms with Crippen molar-refractivity contribution in [2.75, 3.05) is 12.4 Å². The van der Waals surface area contributed by atoms with Gasteiger partial charge in [-0.2, -0.15) is 13.2 Å². The van der Waals surface area contributed by atoms with E-state index in [4.69, 9.17) is 0 Å². The van der Waals surface area contributed by atoms with E-state index in [2.05, 4.69) is 15.4 Å². The molecule has 1 aromatic rings. The van der Waals surface area contributed by atoms with Crippen LogP contribution in [0.3, 0.4) is 0 Å². The summed E-state index contributed by atoms with van der Waals surface area (Å²) in [7, 11) is 1.11. The number of amides is 2. The summed E-state index contributed by atoms with van der Waals surface area (Å²) in [6, 6.07) is 3.22. The van der Waals surface area contributed by atoms with Crippen LogP contribution in [0.2, 0.25) is 0 Å². The molecule has 138 valence electrons. The highest BCUT2D eigenvalue weighted by atomic mass is 19.4. The van der Waals surface area contributed by atoms with Gasteiger partial charge in [-0.1, -0.05) is 13.8 Å². The molecule has 5 nitrogen and oxygen atoms in total. The second kappa shape index (κ2) is 7.33. The molecule has 8 heteroatoms. The number of alkyl carbamates (subject to hydrolysis) is 1. The fraction of sp³-hybridized carbons (Fsp3) is 0.529. The lowest BCUT2D eigenvalue weighted by Crippen LogP contribution is -2.40. The Kier molecular flexibility index (Phi) is 5.59. The first-order valence-corrected chi connectivity index (χ1v) is 7.98. The van der Waals surface area contributed by atoms with Crippen LogP contribution in [0.5, 0.6) is 0 Å². The molecule has 0 saturated carbocycles. The number of nitrogens with one attached hydrogen (secondary N) is 2. The zero-order valence-electron chi connectivity index (χ0n) is 14.2. The van der Waals surface area contributed by atoms with Gasteiger partial charge in [0.1, 0.15) is 0 Å². The van der Waals surface area contributed by atoms with Crippen molar-refractivity contribution in [3.8, 4) is 0 Å². The van der Waals surface area contributed by atoms with Crippen molar-refractivity contribution >= 4 is 17.7 Å². The van der Waals surface area contributed by atoms with Crippen molar-refractivity contribution in [3.05, 3.63) is 29.3 Å². The lowest BCUT2D eigenvalue weighted by molar-refractivity contribution is -0.137. The number of methoxy groups -OCH3 is 1. The summed E-state index contributed by atoms with van der Waals surface area (Å²) in [6.45, 7) is 4.04. The molecule has 2 N–H and O–H groups in total. The van der Waals surface area contributed by atoms with Crippen LogP contribution in [-0.4, -0.2) is 25.2 Å². The van der Waals surface area contributed by atoms with E-state index in [9.17, 15) is 22.8 Å². The van der Waals surface area contributed by atoms with Gasteiger partial charge in [-0.05, 0) is 42.5 Å². The maximum atomic E-state index is 13.0. The first kappa shape index (κ1) is 19.1. The van der Waals surface area contributed by atoms with E-state index in [1.54, 1.807) is 0 Å². The number of anilines is 1. The summed E-state index contributed by atoms with van der Waals surface area (Å²) in [5, 5.41) is 5.26. The quantitative estimate of drug-likeness (QED) is 0.860. The van der Waals surface area contributed by atoms with Gasteiger partial charge in [0.15, 0.2) is 0 Å². The minimum Gasteiger partial charge on any atom is -0.453 e. The zero-order valence-corrected chi connectivity index (χ0v) is 14.2. The third kappa shape index (κ3) is 4.64. The van der Waals surface area contributed by atoms with Gasteiger partial charge in [-0.25, -0.2) is 4.79 Å². The molecule has 0 saturated heterocycles. The zero-order chi connectivity index (χ0) is 18.8. The Hall–Kier alpha value is -2.25. The first-order chi connectivity index (χ1) is 11.6. The molecular formula is C17H21F3N2O3. The van der Waals surface area contributed by atoms with Gasteiger partial charge in [0.05, 0.1) is 18.6 Å². The van der Waals surface area contributed by atoms with Crippen LogP contribution in [-0.2, 0) is 15.7 Å². The summed E-state index contributed by atoms with van der Waals surface area (Å²) >= 11 is 0. The topological polar surface area (TPSA) is 67.4 Å². The van der Waals surface area contributed by atoms with E-state index in [0.717, 1.165) is 25.7 Å². The highest BCUT2D eigenvalue weighted by Gasteiger charge is 2.36. The van der Waals surface area contributed by atoms with Crippen molar-refractivity contribution < 1.29 is 27.5 Å². The summed E-state index contributed by atoms with van der Waals surface area (Å²) in [4.78, 5) is 23.7. The monoisotopic (exact) mass is 358 g/mol. The maximum Gasteiger partial charge on any atom is 0.416 e. The number of rotatable bonds is 3. The molecule has 25 heavy (non-hydrogen) atoms. The van der Waals surface area contributed by atoms with Gasteiger partial charge in [0, 0.05) is 11.7 Å². The molecule has 1 aromatic carbocycles. The number of hydrogen-bond donors (Lipinski definition) is 2. The largest absolute Gasteiger partial charge is 0.453 e. The van der Waals surface area contributed by atoms with Crippen LogP contribution >= 0.6 is 0 Å². The van der Waals surface area contributed by atoms with Crippen LogP contribution in [0.1, 0.15) is 43.7 Å². The van der Waals surface area contributed by atoms with Crippen LogP contribution in [0, 0.1) is 5.92 Å². The predicted molar refractivity (Wildman–Crippen MR) is 86.2 cm³/mol. The van der Waals surface area contributed by atoms with Crippen LogP contribution < -0.4 is 10.6 Å². The Bertz CT molecular complexity index is 659. The van der Waals surface area contributed by atoms with Gasteiger partial charge in [-0.3, -0.25) is 10.1 Å². The molecule has 0 spiro atoms. The molecule has 0 radical (unpaired) electrons. The van der Waals surface area contributed by atoms with Gasteiger partial charge in [0.2, 0.25) is 5.91 Å². The van der Waals surface area contributed by atoms with Gasteiger partial charge < -0.3 is 10.1 Å². The number of carbonyl (C=O) groups is 2. The Balaban J connectivity index is 2.38. The number of halogens is 3. The minimum absolute atomic E-state index is 0.0716. The van der Waals surface area contributed by atoms with Gasteiger partial charge in [0.25, 0.3) is 0 Å². The van der Waals surface area contributed by atoms with Crippen molar-refractivity contribution in [1.29, 1.82) is 0 Å². The first-order valence-electron chi connectivity index (χ1n) is 7.98. The Morgan fingerprint density at radius 2 is 2.04 bits per heavy atom. The number of imide groups is 1. The maximum absolute atomic E-state index is 13.0. The van der Waals surface area contributed by atoms with E-state index in [-0.39, 0.29) is 11.6 Å². The highest BCUT2D eigenvalue weighted by Crippen LogP contribution is 2.40. The molecule has 1 aliphatic heterocycles. The highest BCUT2D eigenvalue weighted by molar-refractivity contribution is 5.96. The second-order valence-electron chi connectivity index (χ2n) is 6.54. The average molecular weight is 358 g/mol. The fourth-order valence-electron chi connectivity index (χ4n) is 3.06. The number of benzene rings is 1. The Labute approximate surface area is 143 Å². The standard InChI is InChI=1S/C17H21F3N2O3/c1-9(2)6-11-8-13(15(23)22-16(24)25-3)12-7-10(17(18,19)20)4-5-14(12)21-11/h4-5,7,9,11,13,21H,6,8H2,1-3H3,(H,22,23,24)/t11-,13+/m1/s1. The SMILES string of the molecule is COC(=O)NC(=O)[C@H]1C[C@@H](CC(C)C)Nc2ccc(C(F)(F)F)cc21. The fourth-order valence-corrected chi connectivity index (χ4v) is 3.06. The third-order valence-electron chi connectivity index (χ3n) is 4.12. The Morgan fingerprint density at radius 1 is 1.36 bits per heavy atom. The molecule has 1 aliphatic rings. The smallest absolute Gasteiger partial charge is 0.416 e. The molecule has 0 bridgehead atoms. The molecule has 2 amide bonds. The molecular weight excluding hydrogens is 337 g/mol. The summed E-state index contributed by atoms with van der Waals surface area (Å²) in [5.41, 5.74) is -0.114. The summed E-state index contributed by atoms with van der Waals surface area (Å²) < 4.78 is 43.4. The van der Waals surface area contributed by atoms with Crippen molar-refractivity contribution in [3.63, 3.8) is 0 Å². The third-order valence-corrected chi connectivity index (χ3v) is 4.12. The van der Waals surface area contributed by atoms with Crippen LogP contribution in [0.15, 0.2) is 18.2 Å². The molecule has 0 aromatic heterocycles. The number of carbonyl (C=O) groups excluding carboxylic acids is 2. The van der Waals surface area contributed by atoms with E-state index in [1.807, 2.05) is 13.8 Å². The molecule has 0 unspecified atom stereocenters. The van der Waals surface area contributed by atoms with Crippen LogP contribution in [0.25, 0.3) is 0 Å². The second-order valence-corrected chi connectivity index (χ2v) is 6.54. The van der Waals surface area contributed by atoms with Gasteiger partial charge in [-0.15, -0.1) is 0 Å². The number of fused-ring (bicyclic) bond motifs is 1. The number of ether oxygens (including phenoxy) is 1. The number of alkyl halides is 3. The Morgan fingerprint density at radius 3 is 2.60 bits per heavy atom. The number of hydrogen-bond acceptors (Lipinski definition) is 4. The molecule has 2 rings (SSSR count). The molecule has 0 fully saturated rings. The lowest BCUT2D eigenvalue weighted by Gasteiger charge is -2.33. The van der Waals surface area contributed by atoms with E-state index in [1.165, 1.54) is 6.07 Å². The van der Waals surface area contributed by atoms with Crippen molar-refractivity contribution in [2.24, 2.45) is 5.92 Å². The molecule has 1 heterocycles. The van der Waals surface area contributed by atoms with Gasteiger partial charge >= 0.3 is 12.3 Å². The minimum atomic E-state index is -4.51. The van der Waals surface area contributed by atoms with Crippen molar-refractivity contribution in [1.82, 2.24) is 5.32 Å². The normalized spacial score (nSPS) is 19.8. The molecule has 2 atom stereocenters. The van der Waals surface area contributed by atoms with E-state index < -0.39 is 29.7 Å². The van der Waals surface area contributed by atoms with Crippen LogP contribution in [0.4, 0.5) is 23.7 Å². The summed E-state index contributed by atoms with van der Waals surface area (Å²) in [6.07, 6.45) is -4.39. The lowest BCUT2D eigenvalue weighted by atomic mass is 9.83. The predicted octanol–water partition coefficient (Wildman–Crippen LogP) is 3.90. The average Bonchev–Trinajstić information content (AvgIpc) is 2.51. The van der Waals surface area contributed by atoms with E-state index in [0.29, 0.717) is 18.0 Å². The van der Waals surface area contributed by atoms with E-state index >= 15 is 0 Å².